The maximum Gasteiger partial charge on any atom is 0.272 e. The number of nitro benzene ring substituents is 1. The Bertz CT molecular complexity index is 1420. The van der Waals surface area contributed by atoms with E-state index in [1.165, 1.54) is 10.7 Å². The molecule has 1 aliphatic rings. The molecule has 0 bridgehead atoms. The molecule has 4 rings (SSSR count). The quantitative estimate of drug-likeness (QED) is 0.275. The Morgan fingerprint density at radius 2 is 2.03 bits per heavy atom. The molecule has 38 heavy (non-hydrogen) atoms. The number of amides is 1. The number of nitrogens with zero attached hydrogens (tertiary/aromatic N) is 3. The topological polar surface area (TPSA) is 155 Å². The fourth-order valence-electron chi connectivity index (χ4n) is 3.98. The molecule has 0 radical (unpaired) electrons. The van der Waals surface area contributed by atoms with E-state index in [9.17, 15) is 23.3 Å². The van der Waals surface area contributed by atoms with Crippen molar-refractivity contribution < 1.29 is 27.6 Å². The van der Waals surface area contributed by atoms with Crippen LogP contribution in [0.4, 0.5) is 5.69 Å². The van der Waals surface area contributed by atoms with Crippen molar-refractivity contribution in [3.8, 4) is 17.3 Å². The molecular weight excluding hydrogens is 514 g/mol. The molecule has 2 heterocycles. The van der Waals surface area contributed by atoms with Gasteiger partial charge in [-0.05, 0) is 44.4 Å². The smallest absolute Gasteiger partial charge is 0.272 e. The molecule has 1 saturated heterocycles. The van der Waals surface area contributed by atoms with Crippen LogP contribution < -0.4 is 14.8 Å². The first kappa shape index (κ1) is 27.2. The van der Waals surface area contributed by atoms with E-state index < -0.39 is 31.4 Å². The summed E-state index contributed by atoms with van der Waals surface area (Å²) in [5, 5.41) is 18.7. The van der Waals surface area contributed by atoms with Crippen molar-refractivity contribution in [3.63, 3.8) is 0 Å². The number of non-ortho nitro benzene ring substituents is 1. The van der Waals surface area contributed by atoms with Crippen LogP contribution in [-0.4, -0.2) is 54.8 Å². The zero-order valence-corrected chi connectivity index (χ0v) is 21.9. The third-order valence-electron chi connectivity index (χ3n) is 5.97. The van der Waals surface area contributed by atoms with E-state index in [2.05, 4.69) is 15.1 Å². The van der Waals surface area contributed by atoms with E-state index in [1.807, 2.05) is 6.07 Å². The number of hydrogen-bond donors (Lipinski definition) is 2. The Morgan fingerprint density at radius 3 is 2.68 bits per heavy atom. The van der Waals surface area contributed by atoms with Crippen molar-refractivity contribution in [3.05, 3.63) is 69.9 Å². The van der Waals surface area contributed by atoms with E-state index >= 15 is 0 Å². The molecule has 0 spiro atoms. The van der Waals surface area contributed by atoms with Gasteiger partial charge in [-0.25, -0.2) is 13.1 Å². The molecule has 1 amide bonds. The van der Waals surface area contributed by atoms with E-state index in [1.54, 1.807) is 38.1 Å². The maximum atomic E-state index is 13.1. The molecule has 1 aromatic heterocycles. The van der Waals surface area contributed by atoms with Gasteiger partial charge in [0.05, 0.1) is 16.7 Å². The highest BCUT2D eigenvalue weighted by Gasteiger charge is 2.28. The van der Waals surface area contributed by atoms with Crippen molar-refractivity contribution in [2.45, 2.75) is 44.1 Å². The number of hydrogen-bond acceptors (Lipinski definition) is 8. The van der Waals surface area contributed by atoms with Gasteiger partial charge in [0.1, 0.15) is 10.6 Å². The summed E-state index contributed by atoms with van der Waals surface area (Å²) in [7, 11) is -4.15. The number of rotatable bonds is 11. The van der Waals surface area contributed by atoms with Crippen LogP contribution >= 0.6 is 0 Å². The average molecular weight is 544 g/mol. The van der Waals surface area contributed by atoms with Crippen LogP contribution in [0.25, 0.3) is 5.69 Å². The minimum atomic E-state index is -4.15. The van der Waals surface area contributed by atoms with E-state index in [-0.39, 0.29) is 30.0 Å². The molecule has 1 fully saturated rings. The number of ether oxygens (including phenoxy) is 2. The van der Waals surface area contributed by atoms with Gasteiger partial charge in [-0.2, -0.15) is 9.78 Å². The van der Waals surface area contributed by atoms with Gasteiger partial charge in [-0.15, -0.1) is 0 Å². The summed E-state index contributed by atoms with van der Waals surface area (Å²) in [6.45, 7) is 4.56. The molecule has 13 heteroatoms. The van der Waals surface area contributed by atoms with E-state index in [0.717, 1.165) is 25.0 Å². The van der Waals surface area contributed by atoms with Gasteiger partial charge >= 0.3 is 0 Å². The van der Waals surface area contributed by atoms with Crippen LogP contribution in [0.5, 0.6) is 11.6 Å². The zero-order valence-electron chi connectivity index (χ0n) is 21.0. The highest BCUT2D eigenvalue weighted by molar-refractivity contribution is 7.89. The third kappa shape index (κ3) is 6.01. The van der Waals surface area contributed by atoms with Crippen molar-refractivity contribution in [1.82, 2.24) is 19.8 Å². The molecule has 1 aliphatic heterocycles. The van der Waals surface area contributed by atoms with Gasteiger partial charge in [0, 0.05) is 37.4 Å². The molecule has 1 unspecified atom stereocenters. The molecule has 0 aliphatic carbocycles. The minimum absolute atomic E-state index is 0.0605. The van der Waals surface area contributed by atoms with Crippen LogP contribution in [0.1, 0.15) is 42.2 Å². The third-order valence-corrected chi connectivity index (χ3v) is 7.46. The summed E-state index contributed by atoms with van der Waals surface area (Å²) in [5.41, 5.74) is 0.620. The molecule has 0 saturated carbocycles. The Balaban J connectivity index is 1.76. The minimum Gasteiger partial charge on any atom is -0.437 e. The number of carbonyl (C=O) groups is 1. The second-order valence-corrected chi connectivity index (χ2v) is 10.5. The van der Waals surface area contributed by atoms with Crippen LogP contribution in [0.3, 0.4) is 0 Å². The molecule has 2 N–H and O–H groups in total. The van der Waals surface area contributed by atoms with Gasteiger partial charge in [-0.1, -0.05) is 25.1 Å². The predicted molar refractivity (Wildman–Crippen MR) is 138 cm³/mol. The number of sulfonamides is 1. The first-order valence-electron chi connectivity index (χ1n) is 12.2. The zero-order chi connectivity index (χ0) is 27.3. The Labute approximate surface area is 220 Å². The summed E-state index contributed by atoms with van der Waals surface area (Å²) in [6.07, 6.45) is 2.26. The maximum absolute atomic E-state index is 13.1. The lowest BCUT2D eigenvalue weighted by molar-refractivity contribution is -0.385. The van der Waals surface area contributed by atoms with Crippen LogP contribution in [-0.2, 0) is 14.8 Å². The number of carbonyl (C=O) groups excluding carboxylic acids is 1. The van der Waals surface area contributed by atoms with Gasteiger partial charge in [0.15, 0.2) is 5.69 Å². The SMILES string of the molecule is CCCNS(=O)(=O)c1cc([N+](=O)[O-])ccc1Oc1c(C)c(C(=O)NCC2CCCO2)nn1-c1ccccc1. The van der Waals surface area contributed by atoms with Crippen molar-refractivity contribution in [1.29, 1.82) is 0 Å². The fourth-order valence-corrected chi connectivity index (χ4v) is 5.26. The number of nitro groups is 1. The molecule has 2 aromatic carbocycles. The highest BCUT2D eigenvalue weighted by Crippen LogP contribution is 2.35. The number of benzene rings is 2. The molecule has 202 valence electrons. The standard InChI is InChI=1S/C25H29N5O7S/c1-3-13-27-38(34,35)22-15-19(30(32)33)11-12-21(22)37-25-17(2)23(24(31)26-16-20-10-7-14-36-20)28-29(25)18-8-5-4-6-9-18/h4-6,8-9,11-12,15,20,27H,3,7,10,13-14,16H2,1-2H3,(H,26,31). The van der Waals surface area contributed by atoms with Gasteiger partial charge in [-0.3, -0.25) is 14.9 Å². The lowest BCUT2D eigenvalue weighted by Gasteiger charge is -2.14. The summed E-state index contributed by atoms with van der Waals surface area (Å²) in [4.78, 5) is 23.4. The van der Waals surface area contributed by atoms with Gasteiger partial charge in [0.2, 0.25) is 15.9 Å². The van der Waals surface area contributed by atoms with Crippen molar-refractivity contribution in [2.75, 3.05) is 19.7 Å². The number of para-hydroxylation sites is 1. The second kappa shape index (κ2) is 11.7. The lowest BCUT2D eigenvalue weighted by Crippen LogP contribution is -2.32. The predicted octanol–water partition coefficient (Wildman–Crippen LogP) is 3.48. The fraction of sp³-hybridized carbons (Fsp3) is 0.360. The monoisotopic (exact) mass is 543 g/mol. The Hall–Kier alpha value is -3.81. The van der Waals surface area contributed by atoms with Gasteiger partial charge in [0.25, 0.3) is 11.6 Å². The molecule has 3 aromatic rings. The molecule has 12 nitrogen and oxygen atoms in total. The first-order chi connectivity index (χ1) is 18.2. The molecule has 1 atom stereocenters. The Kier molecular flexibility index (Phi) is 8.39. The van der Waals surface area contributed by atoms with Crippen LogP contribution in [0.15, 0.2) is 53.4 Å². The summed E-state index contributed by atoms with van der Waals surface area (Å²) < 4.78 is 41.5. The van der Waals surface area contributed by atoms with Crippen LogP contribution in [0, 0.1) is 17.0 Å². The number of aromatic nitrogens is 2. The highest BCUT2D eigenvalue weighted by atomic mass is 32.2. The van der Waals surface area contributed by atoms with Gasteiger partial charge < -0.3 is 14.8 Å². The normalized spacial score (nSPS) is 15.4. The summed E-state index contributed by atoms with van der Waals surface area (Å²) in [5.74, 6) is -0.483. The average Bonchev–Trinajstić information content (AvgIpc) is 3.55. The van der Waals surface area contributed by atoms with E-state index in [0.29, 0.717) is 30.8 Å². The Morgan fingerprint density at radius 1 is 1.26 bits per heavy atom. The largest absolute Gasteiger partial charge is 0.437 e. The summed E-state index contributed by atoms with van der Waals surface area (Å²) in [6, 6.07) is 12.2. The van der Waals surface area contributed by atoms with Crippen molar-refractivity contribution in [2.24, 2.45) is 0 Å². The van der Waals surface area contributed by atoms with Crippen LogP contribution in [0.2, 0.25) is 0 Å². The summed E-state index contributed by atoms with van der Waals surface area (Å²) >= 11 is 0. The first-order valence-corrected chi connectivity index (χ1v) is 13.7. The lowest BCUT2D eigenvalue weighted by atomic mass is 10.2. The van der Waals surface area contributed by atoms with E-state index in [4.69, 9.17) is 9.47 Å². The van der Waals surface area contributed by atoms with Crippen molar-refractivity contribution >= 4 is 21.6 Å². The molecular formula is C25H29N5O7S. The number of nitrogens with one attached hydrogen (secondary N) is 2. The second-order valence-electron chi connectivity index (χ2n) is 8.76.